The monoisotopic (exact) mass is 504 g/mol. The summed E-state index contributed by atoms with van der Waals surface area (Å²) in [5.41, 5.74) is 2.10. The van der Waals surface area contributed by atoms with Crippen LogP contribution in [0.1, 0.15) is 0 Å². The number of halogens is 2. The minimum absolute atomic E-state index is 0. The molecule has 79 valence electrons. The molecular weight excluding hydrogens is 498 g/mol. The van der Waals surface area contributed by atoms with Gasteiger partial charge in [0.15, 0.2) is 0 Å². The van der Waals surface area contributed by atoms with E-state index in [4.69, 9.17) is 0 Å². The van der Waals surface area contributed by atoms with Crippen molar-refractivity contribution < 1.29 is 20.1 Å². The molecular formula is C11H7Br2IrN. The van der Waals surface area contributed by atoms with Crippen LogP contribution in [0.4, 0.5) is 0 Å². The third kappa shape index (κ3) is 3.49. The molecule has 15 heavy (non-hydrogen) atoms. The smallest absolute Gasteiger partial charge is 0.0703 e. The first kappa shape index (κ1) is 13.0. The van der Waals surface area contributed by atoms with Crippen molar-refractivity contribution in [3.63, 3.8) is 0 Å². The van der Waals surface area contributed by atoms with Gasteiger partial charge in [0.05, 0.1) is 5.69 Å². The molecule has 0 N–H and O–H groups in total. The number of hydrogen-bond acceptors (Lipinski definition) is 1. The summed E-state index contributed by atoms with van der Waals surface area (Å²) in [6, 6.07) is 12.1. The summed E-state index contributed by atoms with van der Waals surface area (Å²) in [6.07, 6.45) is 1.80. The van der Waals surface area contributed by atoms with Crippen LogP contribution in [0.5, 0.6) is 0 Å². The van der Waals surface area contributed by atoms with Crippen molar-refractivity contribution in [1.29, 1.82) is 0 Å². The number of rotatable bonds is 1. The quantitative estimate of drug-likeness (QED) is 0.565. The topological polar surface area (TPSA) is 12.9 Å². The molecule has 0 fully saturated rings. The summed E-state index contributed by atoms with van der Waals surface area (Å²) in [7, 11) is 0. The first-order valence-corrected chi connectivity index (χ1v) is 5.72. The van der Waals surface area contributed by atoms with Crippen LogP contribution >= 0.6 is 31.9 Å². The maximum absolute atomic E-state index is 4.32. The molecule has 4 heteroatoms. The molecule has 0 aliphatic heterocycles. The van der Waals surface area contributed by atoms with Crippen molar-refractivity contribution in [2.45, 2.75) is 0 Å². The van der Waals surface area contributed by atoms with Gasteiger partial charge in [0, 0.05) is 40.8 Å². The molecule has 2 aromatic rings. The molecule has 1 heterocycles. The van der Waals surface area contributed by atoms with E-state index in [1.165, 1.54) is 0 Å². The van der Waals surface area contributed by atoms with E-state index in [0.29, 0.717) is 0 Å². The van der Waals surface area contributed by atoms with E-state index in [1.54, 1.807) is 6.20 Å². The van der Waals surface area contributed by atoms with Gasteiger partial charge in [-0.05, 0) is 40.2 Å². The SMILES string of the molecule is Brc1ccc(-c2cccc(Br)c2)nc1.[Ir]. The number of pyridine rings is 1. The fourth-order valence-electron chi connectivity index (χ4n) is 1.19. The number of aromatic nitrogens is 1. The van der Waals surface area contributed by atoms with Crippen molar-refractivity contribution in [3.8, 4) is 11.3 Å². The molecule has 0 aliphatic rings. The second kappa shape index (κ2) is 5.90. The number of hydrogen-bond donors (Lipinski definition) is 0. The van der Waals surface area contributed by atoms with E-state index in [9.17, 15) is 0 Å². The van der Waals surface area contributed by atoms with Gasteiger partial charge < -0.3 is 0 Å². The second-order valence-corrected chi connectivity index (χ2v) is 4.70. The summed E-state index contributed by atoms with van der Waals surface area (Å²) >= 11 is 6.80. The Balaban J connectivity index is 0.00000112. The summed E-state index contributed by atoms with van der Waals surface area (Å²) < 4.78 is 2.07. The molecule has 0 saturated carbocycles. The van der Waals surface area contributed by atoms with Gasteiger partial charge >= 0.3 is 0 Å². The Labute approximate surface area is 119 Å². The van der Waals surface area contributed by atoms with Crippen LogP contribution in [0.15, 0.2) is 51.5 Å². The molecule has 1 aromatic heterocycles. The van der Waals surface area contributed by atoms with E-state index >= 15 is 0 Å². The molecule has 0 saturated heterocycles. The summed E-state index contributed by atoms with van der Waals surface area (Å²) in [5.74, 6) is 0. The maximum Gasteiger partial charge on any atom is 0.0703 e. The Morgan fingerprint density at radius 3 is 2.33 bits per heavy atom. The van der Waals surface area contributed by atoms with Gasteiger partial charge in [-0.25, -0.2) is 0 Å². The van der Waals surface area contributed by atoms with Crippen LogP contribution in [0.3, 0.4) is 0 Å². The fraction of sp³-hybridized carbons (Fsp3) is 0. The van der Waals surface area contributed by atoms with E-state index < -0.39 is 0 Å². The Morgan fingerprint density at radius 1 is 0.933 bits per heavy atom. The van der Waals surface area contributed by atoms with E-state index in [0.717, 1.165) is 20.2 Å². The van der Waals surface area contributed by atoms with Crippen LogP contribution in [0.2, 0.25) is 0 Å². The summed E-state index contributed by atoms with van der Waals surface area (Å²) in [4.78, 5) is 4.32. The molecule has 2 rings (SSSR count). The van der Waals surface area contributed by atoms with Gasteiger partial charge in [-0.2, -0.15) is 0 Å². The van der Waals surface area contributed by atoms with Crippen molar-refractivity contribution >= 4 is 31.9 Å². The second-order valence-electron chi connectivity index (χ2n) is 2.87. The zero-order chi connectivity index (χ0) is 9.97. The molecule has 0 unspecified atom stereocenters. The van der Waals surface area contributed by atoms with Crippen LogP contribution < -0.4 is 0 Å². The van der Waals surface area contributed by atoms with Gasteiger partial charge in [0.2, 0.25) is 0 Å². The zero-order valence-electron chi connectivity index (χ0n) is 7.58. The molecule has 0 aliphatic carbocycles. The van der Waals surface area contributed by atoms with Crippen LogP contribution in [0.25, 0.3) is 11.3 Å². The molecule has 0 bridgehead atoms. The van der Waals surface area contributed by atoms with Crippen molar-refractivity contribution in [2.24, 2.45) is 0 Å². The Morgan fingerprint density at radius 2 is 1.73 bits per heavy atom. The third-order valence-electron chi connectivity index (χ3n) is 1.85. The largest absolute Gasteiger partial charge is 0.255 e. The summed E-state index contributed by atoms with van der Waals surface area (Å²) in [6.45, 7) is 0. The predicted molar refractivity (Wildman–Crippen MR) is 65.1 cm³/mol. The van der Waals surface area contributed by atoms with Crippen molar-refractivity contribution in [2.75, 3.05) is 0 Å². The van der Waals surface area contributed by atoms with Gasteiger partial charge in [-0.1, -0.05) is 28.1 Å². The van der Waals surface area contributed by atoms with E-state index in [-0.39, 0.29) is 20.1 Å². The normalized spacial score (nSPS) is 9.47. The zero-order valence-corrected chi connectivity index (χ0v) is 13.1. The standard InChI is InChI=1S/C11H7Br2N.Ir/c12-9-3-1-2-8(6-9)11-5-4-10(13)7-14-11;/h1-7H;. The number of benzene rings is 1. The number of nitrogens with zero attached hydrogens (tertiary/aromatic N) is 1. The first-order valence-electron chi connectivity index (χ1n) is 4.13. The molecule has 0 spiro atoms. The molecule has 1 nitrogen and oxygen atoms in total. The Hall–Kier alpha value is -0.0206. The van der Waals surface area contributed by atoms with Gasteiger partial charge in [0.1, 0.15) is 0 Å². The van der Waals surface area contributed by atoms with Crippen LogP contribution in [-0.4, -0.2) is 4.98 Å². The van der Waals surface area contributed by atoms with E-state index in [1.807, 2.05) is 30.3 Å². The minimum atomic E-state index is 0. The fourth-order valence-corrected chi connectivity index (χ4v) is 1.83. The molecule has 1 aromatic carbocycles. The maximum atomic E-state index is 4.32. The average molecular weight is 505 g/mol. The van der Waals surface area contributed by atoms with Gasteiger partial charge in [-0.15, -0.1) is 0 Å². The minimum Gasteiger partial charge on any atom is -0.255 e. The summed E-state index contributed by atoms with van der Waals surface area (Å²) in [5, 5.41) is 0. The predicted octanol–water partition coefficient (Wildman–Crippen LogP) is 4.27. The van der Waals surface area contributed by atoms with Crippen LogP contribution in [-0.2, 0) is 20.1 Å². The van der Waals surface area contributed by atoms with Crippen molar-refractivity contribution in [1.82, 2.24) is 4.98 Å². The Kier molecular flexibility index (Phi) is 5.13. The Bertz CT molecular complexity index is 443. The molecule has 1 radical (unpaired) electrons. The van der Waals surface area contributed by atoms with Crippen LogP contribution in [0, 0.1) is 0 Å². The first-order chi connectivity index (χ1) is 6.75. The van der Waals surface area contributed by atoms with Gasteiger partial charge in [0.25, 0.3) is 0 Å². The third-order valence-corrected chi connectivity index (χ3v) is 2.81. The van der Waals surface area contributed by atoms with Crippen molar-refractivity contribution in [3.05, 3.63) is 51.5 Å². The van der Waals surface area contributed by atoms with E-state index in [2.05, 4.69) is 42.9 Å². The average Bonchev–Trinajstić information content (AvgIpc) is 2.19. The molecule has 0 amide bonds. The molecule has 0 atom stereocenters. The van der Waals surface area contributed by atoms with Gasteiger partial charge in [-0.3, -0.25) is 4.98 Å².